The molecule has 0 bridgehead atoms. The summed E-state index contributed by atoms with van der Waals surface area (Å²) in [5.41, 5.74) is 1.11. The second-order valence-corrected chi connectivity index (χ2v) is 4.21. The van der Waals surface area contributed by atoms with Gasteiger partial charge in [-0.3, -0.25) is 4.90 Å². The molecule has 0 aliphatic heterocycles. The van der Waals surface area contributed by atoms with Gasteiger partial charge in [-0.2, -0.15) is 0 Å². The molecule has 0 heterocycles. The molecule has 1 unspecified atom stereocenters. The molecule has 0 aliphatic carbocycles. The van der Waals surface area contributed by atoms with Crippen LogP contribution in [0.5, 0.6) is 0 Å². The lowest BCUT2D eigenvalue weighted by atomic mass is 10.0. The molecule has 1 aromatic rings. The summed E-state index contributed by atoms with van der Waals surface area (Å²) >= 11 is 0. The van der Waals surface area contributed by atoms with E-state index < -0.39 is 0 Å². The van der Waals surface area contributed by atoms with E-state index in [0.29, 0.717) is 0 Å². The predicted molar refractivity (Wildman–Crippen MR) is 82.8 cm³/mol. The molecule has 2 heteroatoms. The van der Waals surface area contributed by atoms with Crippen molar-refractivity contribution in [2.75, 3.05) is 13.1 Å². The average molecular weight is 265 g/mol. The maximum absolute atomic E-state index is 12.9. The lowest BCUT2D eigenvalue weighted by molar-refractivity contribution is 0.240. The first-order chi connectivity index (χ1) is 9.22. The monoisotopic (exact) mass is 265 g/mol. The van der Waals surface area contributed by atoms with E-state index in [4.69, 9.17) is 0 Å². The van der Waals surface area contributed by atoms with Crippen LogP contribution in [0.2, 0.25) is 0 Å². The lowest BCUT2D eigenvalue weighted by Crippen LogP contribution is -2.28. The van der Waals surface area contributed by atoms with Gasteiger partial charge >= 0.3 is 0 Å². The molecule has 0 aromatic heterocycles. The summed E-state index contributed by atoms with van der Waals surface area (Å²) in [7, 11) is 0. The van der Waals surface area contributed by atoms with Crippen molar-refractivity contribution in [3.05, 3.63) is 48.3 Å². The normalized spacial score (nSPS) is 11.7. The van der Waals surface area contributed by atoms with E-state index in [2.05, 4.69) is 25.3 Å². The number of unbranched alkanes of at least 4 members (excludes halogenated alkanes) is 1. The number of likely N-dealkylation sites (N-methyl/N-ethyl adjacent to an activating group) is 1. The Morgan fingerprint density at radius 1 is 1.21 bits per heavy atom. The van der Waals surface area contributed by atoms with Crippen molar-refractivity contribution < 1.29 is 4.39 Å². The van der Waals surface area contributed by atoms with Crippen molar-refractivity contribution in [2.24, 2.45) is 0 Å². The quantitative estimate of drug-likeness (QED) is 0.612. The van der Waals surface area contributed by atoms with E-state index in [0.717, 1.165) is 18.7 Å². The third-order valence-electron chi connectivity index (χ3n) is 3.03. The van der Waals surface area contributed by atoms with Gasteiger partial charge in [0.05, 0.1) is 6.04 Å². The summed E-state index contributed by atoms with van der Waals surface area (Å²) in [6, 6.07) is 6.90. The Hall–Kier alpha value is -1.15. The van der Waals surface area contributed by atoms with Crippen molar-refractivity contribution in [2.45, 2.75) is 46.6 Å². The molecule has 19 heavy (non-hydrogen) atoms. The molecule has 0 N–H and O–H groups in total. The highest BCUT2D eigenvalue weighted by molar-refractivity contribution is 5.23. The molecule has 1 aromatic carbocycles. The lowest BCUT2D eigenvalue weighted by Gasteiger charge is -2.28. The molecule has 0 radical (unpaired) electrons. The van der Waals surface area contributed by atoms with Gasteiger partial charge in [0.1, 0.15) is 5.82 Å². The average Bonchev–Trinajstić information content (AvgIpc) is 2.47. The Labute approximate surface area is 118 Å². The fourth-order valence-electron chi connectivity index (χ4n) is 2.01. The summed E-state index contributed by atoms with van der Waals surface area (Å²) < 4.78 is 12.9. The maximum Gasteiger partial charge on any atom is 0.123 e. The maximum atomic E-state index is 12.9. The van der Waals surface area contributed by atoms with E-state index in [1.54, 1.807) is 0 Å². The van der Waals surface area contributed by atoms with Crippen molar-refractivity contribution in [1.29, 1.82) is 0 Å². The van der Waals surface area contributed by atoms with Crippen LogP contribution < -0.4 is 0 Å². The van der Waals surface area contributed by atoms with Crippen LogP contribution >= 0.6 is 0 Å². The van der Waals surface area contributed by atoms with Gasteiger partial charge in [0.25, 0.3) is 0 Å². The van der Waals surface area contributed by atoms with Gasteiger partial charge in [0.15, 0.2) is 0 Å². The number of benzene rings is 1. The van der Waals surface area contributed by atoms with Gasteiger partial charge in [0.2, 0.25) is 0 Å². The zero-order valence-corrected chi connectivity index (χ0v) is 12.8. The largest absolute Gasteiger partial charge is 0.293 e. The standard InChI is InChI=1S/C15H22FN.C2H6/c1-4-7-12-17(6-3)15(5-2)13-8-10-14(16)11-9-13;1-2/h5,8-11,15H,2,4,6-7,12H2,1,3H3;1-2H3. The van der Waals surface area contributed by atoms with E-state index in [-0.39, 0.29) is 11.9 Å². The molecule has 0 saturated carbocycles. The second kappa shape index (κ2) is 10.7. The first-order valence-electron chi connectivity index (χ1n) is 7.35. The van der Waals surface area contributed by atoms with Gasteiger partial charge in [-0.25, -0.2) is 4.39 Å². The highest BCUT2D eigenvalue weighted by Gasteiger charge is 2.15. The van der Waals surface area contributed by atoms with Gasteiger partial charge in [-0.05, 0) is 37.2 Å². The van der Waals surface area contributed by atoms with Crippen molar-refractivity contribution >= 4 is 0 Å². The third kappa shape index (κ3) is 6.02. The van der Waals surface area contributed by atoms with Crippen LogP contribution in [-0.4, -0.2) is 18.0 Å². The molecule has 0 amide bonds. The smallest absolute Gasteiger partial charge is 0.123 e. The fourth-order valence-corrected chi connectivity index (χ4v) is 2.01. The van der Waals surface area contributed by atoms with Crippen LogP contribution in [0.15, 0.2) is 36.9 Å². The number of hydrogen-bond donors (Lipinski definition) is 0. The summed E-state index contributed by atoms with van der Waals surface area (Å²) in [4.78, 5) is 2.36. The molecule has 0 spiro atoms. The summed E-state index contributed by atoms with van der Waals surface area (Å²) in [5, 5.41) is 0. The minimum atomic E-state index is -0.187. The Balaban J connectivity index is 0.00000154. The number of nitrogens with zero attached hydrogens (tertiary/aromatic N) is 1. The Bertz CT molecular complexity index is 332. The molecule has 0 saturated heterocycles. The molecule has 1 atom stereocenters. The first kappa shape index (κ1) is 17.8. The van der Waals surface area contributed by atoms with Crippen molar-refractivity contribution in [3.8, 4) is 0 Å². The predicted octanol–water partition coefficient (Wildman–Crippen LogP) is 5.20. The van der Waals surface area contributed by atoms with E-state index in [1.165, 1.54) is 25.0 Å². The summed E-state index contributed by atoms with van der Waals surface area (Å²) in [6.07, 6.45) is 4.30. The van der Waals surface area contributed by atoms with Crippen LogP contribution in [0, 0.1) is 5.82 Å². The Morgan fingerprint density at radius 2 is 1.79 bits per heavy atom. The van der Waals surface area contributed by atoms with Crippen molar-refractivity contribution in [1.82, 2.24) is 4.90 Å². The van der Waals surface area contributed by atoms with Crippen molar-refractivity contribution in [3.63, 3.8) is 0 Å². The van der Waals surface area contributed by atoms with Crippen LogP contribution in [0.3, 0.4) is 0 Å². The van der Waals surface area contributed by atoms with Gasteiger partial charge in [0, 0.05) is 0 Å². The number of rotatable bonds is 7. The zero-order valence-electron chi connectivity index (χ0n) is 12.8. The minimum Gasteiger partial charge on any atom is -0.293 e. The summed E-state index contributed by atoms with van der Waals surface area (Å²) in [6.45, 7) is 14.3. The van der Waals surface area contributed by atoms with Gasteiger partial charge < -0.3 is 0 Å². The first-order valence-corrected chi connectivity index (χ1v) is 7.35. The van der Waals surface area contributed by atoms with Gasteiger partial charge in [-0.15, -0.1) is 6.58 Å². The van der Waals surface area contributed by atoms with E-state index >= 15 is 0 Å². The minimum absolute atomic E-state index is 0.187. The topological polar surface area (TPSA) is 3.24 Å². The summed E-state index contributed by atoms with van der Waals surface area (Å²) in [5.74, 6) is -0.187. The molecule has 0 aliphatic rings. The van der Waals surface area contributed by atoms with Crippen LogP contribution in [-0.2, 0) is 0 Å². The SMILES string of the molecule is C=CC(c1ccc(F)cc1)N(CC)CCCC.CC. The molecular weight excluding hydrogens is 237 g/mol. The highest BCUT2D eigenvalue weighted by atomic mass is 19.1. The molecule has 1 rings (SSSR count). The highest BCUT2D eigenvalue weighted by Crippen LogP contribution is 2.22. The Kier molecular flexibility index (Phi) is 10.1. The second-order valence-electron chi connectivity index (χ2n) is 4.21. The number of halogens is 1. The Morgan fingerprint density at radius 3 is 2.21 bits per heavy atom. The van der Waals surface area contributed by atoms with Crippen LogP contribution in [0.4, 0.5) is 4.39 Å². The molecule has 0 fully saturated rings. The molecule has 108 valence electrons. The van der Waals surface area contributed by atoms with E-state index in [1.807, 2.05) is 32.1 Å². The molecule has 1 nitrogen and oxygen atoms in total. The van der Waals surface area contributed by atoms with Crippen LogP contribution in [0.1, 0.15) is 52.1 Å². The molecular formula is C17H28FN. The van der Waals surface area contributed by atoms with E-state index in [9.17, 15) is 4.39 Å². The van der Waals surface area contributed by atoms with Crippen LogP contribution in [0.25, 0.3) is 0 Å². The number of hydrogen-bond acceptors (Lipinski definition) is 1. The third-order valence-corrected chi connectivity index (χ3v) is 3.03. The fraction of sp³-hybridized carbons (Fsp3) is 0.529. The zero-order chi connectivity index (χ0) is 14.7. The van der Waals surface area contributed by atoms with Gasteiger partial charge in [-0.1, -0.05) is 52.3 Å².